The largest absolute Gasteiger partial charge is 0.368 e. The molecule has 2 aliphatic rings. The molecule has 2 saturated carbocycles. The minimum absolute atomic E-state index is 0.117. The van der Waals surface area contributed by atoms with Gasteiger partial charge in [-0.25, -0.2) is 0 Å². The van der Waals surface area contributed by atoms with Gasteiger partial charge in [0.15, 0.2) is 0 Å². The third-order valence-electron chi connectivity index (χ3n) is 4.11. The molecule has 2 rings (SSSR count). The lowest BCUT2D eigenvalue weighted by Crippen LogP contribution is -2.58. The van der Waals surface area contributed by atoms with Gasteiger partial charge < -0.3 is 11.1 Å². The van der Waals surface area contributed by atoms with E-state index in [-0.39, 0.29) is 11.4 Å². The predicted octanol–water partition coefficient (Wildman–Crippen LogP) is 1.91. The van der Waals surface area contributed by atoms with Crippen LogP contribution in [0.3, 0.4) is 0 Å². The van der Waals surface area contributed by atoms with Crippen LogP contribution in [0.1, 0.15) is 45.4 Å². The third kappa shape index (κ3) is 2.97. The first-order valence-electron chi connectivity index (χ1n) is 6.84. The molecule has 2 fully saturated rings. The third-order valence-corrected chi connectivity index (χ3v) is 5.05. The van der Waals surface area contributed by atoms with Gasteiger partial charge in [-0.3, -0.25) is 4.79 Å². The van der Waals surface area contributed by atoms with Gasteiger partial charge in [-0.05, 0) is 49.5 Å². The lowest BCUT2D eigenvalue weighted by Gasteiger charge is -2.34. The molecule has 0 bridgehead atoms. The van der Waals surface area contributed by atoms with Crippen molar-refractivity contribution >= 4 is 17.7 Å². The van der Waals surface area contributed by atoms with Crippen LogP contribution in [-0.4, -0.2) is 29.0 Å². The molecule has 3 nitrogen and oxygen atoms in total. The van der Waals surface area contributed by atoms with Gasteiger partial charge in [-0.2, -0.15) is 11.8 Å². The topological polar surface area (TPSA) is 55.1 Å². The van der Waals surface area contributed by atoms with E-state index in [1.807, 2.05) is 11.8 Å². The molecule has 0 saturated heterocycles. The zero-order valence-corrected chi connectivity index (χ0v) is 11.5. The molecule has 98 valence electrons. The summed E-state index contributed by atoms with van der Waals surface area (Å²) in [4.78, 5) is 11.9. The second-order valence-corrected chi connectivity index (χ2v) is 6.72. The molecule has 2 atom stereocenters. The summed E-state index contributed by atoms with van der Waals surface area (Å²) in [5.74, 6) is 2.66. The number of rotatable bonds is 7. The van der Waals surface area contributed by atoms with E-state index in [0.29, 0.717) is 12.0 Å². The van der Waals surface area contributed by atoms with Crippen molar-refractivity contribution in [2.45, 2.75) is 57.0 Å². The first kappa shape index (κ1) is 13.2. The van der Waals surface area contributed by atoms with Crippen LogP contribution in [0.25, 0.3) is 0 Å². The minimum Gasteiger partial charge on any atom is -0.368 e. The van der Waals surface area contributed by atoms with E-state index in [2.05, 4.69) is 12.2 Å². The van der Waals surface area contributed by atoms with Crippen molar-refractivity contribution in [2.75, 3.05) is 11.5 Å². The Balaban J connectivity index is 1.98. The molecule has 17 heavy (non-hydrogen) atoms. The van der Waals surface area contributed by atoms with E-state index in [1.54, 1.807) is 0 Å². The number of thioether (sulfide) groups is 1. The second kappa shape index (κ2) is 5.61. The van der Waals surface area contributed by atoms with E-state index < -0.39 is 0 Å². The Kier molecular flexibility index (Phi) is 4.36. The van der Waals surface area contributed by atoms with E-state index in [9.17, 15) is 4.79 Å². The van der Waals surface area contributed by atoms with Crippen LogP contribution in [0.2, 0.25) is 0 Å². The normalized spacial score (nSPS) is 32.9. The van der Waals surface area contributed by atoms with Crippen molar-refractivity contribution in [1.82, 2.24) is 5.32 Å². The lowest BCUT2D eigenvalue weighted by atomic mass is 9.84. The van der Waals surface area contributed by atoms with Gasteiger partial charge in [0.25, 0.3) is 0 Å². The molecular formula is C13H24N2OS. The van der Waals surface area contributed by atoms with Crippen molar-refractivity contribution in [2.24, 2.45) is 11.7 Å². The molecule has 0 heterocycles. The highest BCUT2D eigenvalue weighted by atomic mass is 32.2. The second-order valence-electron chi connectivity index (χ2n) is 5.33. The lowest BCUT2D eigenvalue weighted by molar-refractivity contribution is -0.126. The number of nitrogens with one attached hydrogen (secondary N) is 1. The van der Waals surface area contributed by atoms with Crippen LogP contribution in [0.5, 0.6) is 0 Å². The van der Waals surface area contributed by atoms with E-state index >= 15 is 0 Å². The highest BCUT2D eigenvalue weighted by molar-refractivity contribution is 7.99. The molecule has 0 aliphatic heterocycles. The van der Waals surface area contributed by atoms with Gasteiger partial charge in [-0.15, -0.1) is 0 Å². The van der Waals surface area contributed by atoms with Gasteiger partial charge in [0, 0.05) is 6.04 Å². The zero-order valence-electron chi connectivity index (χ0n) is 10.7. The Bertz CT molecular complexity index is 281. The summed E-state index contributed by atoms with van der Waals surface area (Å²) in [5.41, 5.74) is 5.32. The average Bonchev–Trinajstić information content (AvgIpc) is 3.00. The van der Waals surface area contributed by atoms with E-state index in [0.717, 1.165) is 37.2 Å². The van der Waals surface area contributed by atoms with Gasteiger partial charge in [0.2, 0.25) is 5.91 Å². The standard InChI is InChI=1S/C13H24N2OS/c1-2-17-9-7-10-4-3-8-13(10,12(14)16)15-11-5-6-11/h10-11,15H,2-9H2,1H3,(H2,14,16). The van der Waals surface area contributed by atoms with Gasteiger partial charge in [-0.1, -0.05) is 13.3 Å². The van der Waals surface area contributed by atoms with Crippen molar-refractivity contribution in [1.29, 1.82) is 0 Å². The van der Waals surface area contributed by atoms with Crippen molar-refractivity contribution in [3.63, 3.8) is 0 Å². The van der Waals surface area contributed by atoms with Gasteiger partial charge >= 0.3 is 0 Å². The summed E-state index contributed by atoms with van der Waals surface area (Å²) in [5, 5.41) is 3.56. The van der Waals surface area contributed by atoms with Crippen molar-refractivity contribution < 1.29 is 4.79 Å². The first-order valence-corrected chi connectivity index (χ1v) is 8.00. The van der Waals surface area contributed by atoms with Crippen molar-refractivity contribution in [3.05, 3.63) is 0 Å². The summed E-state index contributed by atoms with van der Waals surface area (Å²) in [6.45, 7) is 2.18. The molecular weight excluding hydrogens is 232 g/mol. The fourth-order valence-corrected chi connectivity index (χ4v) is 3.76. The monoisotopic (exact) mass is 256 g/mol. The molecule has 0 aromatic rings. The maximum absolute atomic E-state index is 11.9. The molecule has 2 aliphatic carbocycles. The highest BCUT2D eigenvalue weighted by Gasteiger charge is 2.49. The summed E-state index contributed by atoms with van der Waals surface area (Å²) < 4.78 is 0. The van der Waals surface area contributed by atoms with Crippen LogP contribution in [-0.2, 0) is 4.79 Å². The minimum atomic E-state index is -0.379. The number of primary amides is 1. The molecule has 0 aromatic heterocycles. The molecule has 1 amide bonds. The molecule has 0 radical (unpaired) electrons. The number of carbonyl (C=O) groups is 1. The van der Waals surface area contributed by atoms with Crippen LogP contribution in [0, 0.1) is 5.92 Å². The van der Waals surface area contributed by atoms with Crippen LogP contribution in [0.4, 0.5) is 0 Å². The SMILES string of the molecule is CCSCCC1CCCC1(NC1CC1)C(N)=O. The maximum Gasteiger partial charge on any atom is 0.238 e. The fourth-order valence-electron chi connectivity index (χ4n) is 3.02. The molecule has 0 spiro atoms. The Morgan fingerprint density at radius 3 is 2.82 bits per heavy atom. The summed E-state index contributed by atoms with van der Waals surface area (Å²) in [7, 11) is 0. The van der Waals surface area contributed by atoms with Crippen molar-refractivity contribution in [3.8, 4) is 0 Å². The first-order chi connectivity index (χ1) is 8.19. The molecule has 4 heteroatoms. The quantitative estimate of drug-likeness (QED) is 0.684. The van der Waals surface area contributed by atoms with Gasteiger partial charge in [0.1, 0.15) is 5.54 Å². The number of hydrogen-bond acceptors (Lipinski definition) is 3. The Morgan fingerprint density at radius 1 is 1.47 bits per heavy atom. The average molecular weight is 256 g/mol. The molecule has 2 unspecified atom stereocenters. The smallest absolute Gasteiger partial charge is 0.238 e. The Morgan fingerprint density at radius 2 is 2.24 bits per heavy atom. The number of carbonyl (C=O) groups excluding carboxylic acids is 1. The predicted molar refractivity (Wildman–Crippen MR) is 73.0 cm³/mol. The summed E-state index contributed by atoms with van der Waals surface area (Å²) >= 11 is 1.96. The Labute approximate surface area is 108 Å². The Hall–Kier alpha value is -0.220. The number of hydrogen-bond donors (Lipinski definition) is 2. The summed E-state index contributed by atoms with van der Waals surface area (Å²) in [6.07, 6.45) is 6.80. The maximum atomic E-state index is 11.9. The van der Waals surface area contributed by atoms with E-state index in [1.165, 1.54) is 12.8 Å². The zero-order chi connectivity index (χ0) is 12.3. The molecule has 0 aromatic carbocycles. The fraction of sp³-hybridized carbons (Fsp3) is 0.923. The van der Waals surface area contributed by atoms with Crippen LogP contribution in [0.15, 0.2) is 0 Å². The summed E-state index contributed by atoms with van der Waals surface area (Å²) in [6, 6.07) is 0.557. The molecule has 3 N–H and O–H groups in total. The number of amides is 1. The number of nitrogens with two attached hydrogens (primary N) is 1. The van der Waals surface area contributed by atoms with Crippen LogP contribution >= 0.6 is 11.8 Å². The highest BCUT2D eigenvalue weighted by Crippen LogP contribution is 2.40. The van der Waals surface area contributed by atoms with E-state index in [4.69, 9.17) is 5.73 Å². The van der Waals surface area contributed by atoms with Gasteiger partial charge in [0.05, 0.1) is 0 Å². The van der Waals surface area contributed by atoms with Crippen LogP contribution < -0.4 is 11.1 Å².